The van der Waals surface area contributed by atoms with E-state index < -0.39 is 11.7 Å². The average molecular weight is 497 g/mol. The van der Waals surface area contributed by atoms with Crippen molar-refractivity contribution in [2.45, 2.75) is 39.2 Å². The van der Waals surface area contributed by atoms with Crippen molar-refractivity contribution < 1.29 is 18.0 Å². The first-order valence-electron chi connectivity index (χ1n) is 11.1. The lowest BCUT2D eigenvalue weighted by atomic mass is 10.1. The maximum absolute atomic E-state index is 13.3. The molecule has 0 aromatic carbocycles. The highest BCUT2D eigenvalue weighted by Gasteiger charge is 2.34. The van der Waals surface area contributed by atoms with Gasteiger partial charge >= 0.3 is 6.18 Å². The molecule has 1 atom stereocenters. The van der Waals surface area contributed by atoms with Crippen molar-refractivity contribution in [3.63, 3.8) is 0 Å². The van der Waals surface area contributed by atoms with Crippen molar-refractivity contribution in [3.8, 4) is 11.4 Å². The first kappa shape index (κ1) is 23.5. The van der Waals surface area contributed by atoms with Crippen LogP contribution in [0.25, 0.3) is 11.4 Å². The number of anilines is 2. The first-order valence-corrected chi connectivity index (χ1v) is 11.1. The third-order valence-electron chi connectivity index (χ3n) is 5.97. The zero-order valence-corrected chi connectivity index (χ0v) is 19.7. The predicted molar refractivity (Wildman–Crippen MR) is 123 cm³/mol. The van der Waals surface area contributed by atoms with Crippen LogP contribution in [0.3, 0.4) is 0 Å². The van der Waals surface area contributed by atoms with Crippen molar-refractivity contribution in [2.24, 2.45) is 7.05 Å². The molecule has 0 spiro atoms. The Bertz CT molecular complexity index is 1440. The largest absolute Gasteiger partial charge is 0.416 e. The number of imidazole rings is 1. The summed E-state index contributed by atoms with van der Waals surface area (Å²) in [6, 6.07) is 3.38. The molecule has 10 nitrogen and oxygen atoms in total. The van der Waals surface area contributed by atoms with Gasteiger partial charge in [0.25, 0.3) is 5.91 Å². The van der Waals surface area contributed by atoms with Gasteiger partial charge in [-0.3, -0.25) is 14.5 Å². The van der Waals surface area contributed by atoms with Crippen LogP contribution in [-0.2, 0) is 26.3 Å². The fourth-order valence-corrected chi connectivity index (χ4v) is 4.07. The van der Waals surface area contributed by atoms with Crippen molar-refractivity contribution in [3.05, 3.63) is 65.6 Å². The minimum absolute atomic E-state index is 0.0581. The van der Waals surface area contributed by atoms with Crippen LogP contribution >= 0.6 is 0 Å². The number of carbonyl (C=O) groups excluding carboxylic acids is 1. The monoisotopic (exact) mass is 497 g/mol. The lowest BCUT2D eigenvalue weighted by molar-refractivity contribution is -0.137. The highest BCUT2D eigenvalue weighted by Crippen LogP contribution is 2.30. The van der Waals surface area contributed by atoms with E-state index in [0.29, 0.717) is 29.7 Å². The number of nitrogens with one attached hydrogen (secondary N) is 1. The summed E-state index contributed by atoms with van der Waals surface area (Å²) in [5.74, 6) is 0.854. The number of nitrogens with zero attached hydrogens (tertiary/aromatic N) is 8. The van der Waals surface area contributed by atoms with E-state index in [9.17, 15) is 18.0 Å². The Kier molecular flexibility index (Phi) is 5.69. The minimum atomic E-state index is -4.49. The quantitative estimate of drug-likeness (QED) is 0.449. The van der Waals surface area contributed by atoms with Crippen molar-refractivity contribution in [1.82, 2.24) is 39.2 Å². The van der Waals surface area contributed by atoms with Crippen LogP contribution in [0.2, 0.25) is 0 Å². The number of amides is 1. The molecule has 4 aromatic heterocycles. The van der Waals surface area contributed by atoms with Crippen LogP contribution in [0, 0.1) is 6.92 Å². The maximum Gasteiger partial charge on any atom is 0.416 e. The van der Waals surface area contributed by atoms with Gasteiger partial charge in [-0.25, -0.2) is 15.0 Å². The molecule has 13 heteroatoms. The second-order valence-electron chi connectivity index (χ2n) is 8.61. The second kappa shape index (κ2) is 8.73. The Morgan fingerprint density at radius 1 is 1.17 bits per heavy atom. The molecule has 0 aliphatic carbocycles. The van der Waals surface area contributed by atoms with E-state index >= 15 is 0 Å². The number of rotatable bonds is 5. The molecule has 0 saturated carbocycles. The summed E-state index contributed by atoms with van der Waals surface area (Å²) in [5, 5.41) is 7.20. The SMILES string of the molecule is Cc1cnc(Nc2ccnn2C)nc1-c1cn2c(n1)C(=O)N(Cc1cc(C(F)(F)F)ccn1)[C@@H](C)C2. The molecular weight excluding hydrogens is 475 g/mol. The summed E-state index contributed by atoms with van der Waals surface area (Å²) in [7, 11) is 1.79. The standard InChI is InChI=1S/C23H22F3N9O/c1-13-9-28-22(31-18-5-7-29-33(18)3)32-19(13)17-12-34-10-14(2)35(21(36)20(34)30-17)11-16-8-15(4-6-27-16)23(24,25)26/h4-9,12,14H,10-11H2,1-3H3,(H,28,31,32)/t14-/m0/s1. The average Bonchev–Trinajstić information content (AvgIpc) is 3.43. The van der Waals surface area contributed by atoms with Gasteiger partial charge in [-0.1, -0.05) is 0 Å². The highest BCUT2D eigenvalue weighted by molar-refractivity contribution is 5.92. The van der Waals surface area contributed by atoms with Crippen molar-refractivity contribution >= 4 is 17.7 Å². The van der Waals surface area contributed by atoms with Crippen LogP contribution < -0.4 is 5.32 Å². The van der Waals surface area contributed by atoms with E-state index in [-0.39, 0.29) is 30.0 Å². The number of hydrogen-bond acceptors (Lipinski definition) is 7. The summed E-state index contributed by atoms with van der Waals surface area (Å²) in [4.78, 5) is 32.2. The van der Waals surface area contributed by atoms with Gasteiger partial charge < -0.3 is 14.8 Å². The van der Waals surface area contributed by atoms with Crippen molar-refractivity contribution in [1.29, 1.82) is 0 Å². The summed E-state index contributed by atoms with van der Waals surface area (Å²) in [6.45, 7) is 4.05. The molecule has 1 amide bonds. The van der Waals surface area contributed by atoms with Crippen LogP contribution in [-0.4, -0.2) is 51.1 Å². The Labute approximate surface area is 203 Å². The molecule has 1 aliphatic heterocycles. The molecule has 186 valence electrons. The van der Waals surface area contributed by atoms with Crippen LogP contribution in [0.1, 0.15) is 34.4 Å². The number of aryl methyl sites for hydroxylation is 2. The topological polar surface area (TPSA) is 107 Å². The maximum atomic E-state index is 13.3. The van der Waals surface area contributed by atoms with Gasteiger partial charge in [0.2, 0.25) is 5.95 Å². The van der Waals surface area contributed by atoms with E-state index in [0.717, 1.165) is 23.9 Å². The van der Waals surface area contributed by atoms with Crippen LogP contribution in [0.15, 0.2) is 43.0 Å². The van der Waals surface area contributed by atoms with E-state index in [1.165, 1.54) is 4.90 Å². The number of fused-ring (bicyclic) bond motifs is 1. The molecule has 0 bridgehead atoms. The summed E-state index contributed by atoms with van der Waals surface area (Å²) >= 11 is 0. The van der Waals surface area contributed by atoms with E-state index in [1.54, 1.807) is 41.0 Å². The van der Waals surface area contributed by atoms with Gasteiger partial charge in [0.05, 0.1) is 29.7 Å². The minimum Gasteiger partial charge on any atom is -0.326 e. The summed E-state index contributed by atoms with van der Waals surface area (Å²) in [5.41, 5.74) is 1.18. The van der Waals surface area contributed by atoms with Gasteiger partial charge in [-0.15, -0.1) is 0 Å². The Morgan fingerprint density at radius 3 is 2.69 bits per heavy atom. The molecule has 1 N–H and O–H groups in total. The Morgan fingerprint density at radius 2 is 1.97 bits per heavy atom. The lowest BCUT2D eigenvalue weighted by Gasteiger charge is -2.33. The summed E-state index contributed by atoms with van der Waals surface area (Å²) < 4.78 is 42.7. The number of carbonyl (C=O) groups is 1. The predicted octanol–water partition coefficient (Wildman–Crippen LogP) is 3.58. The number of alkyl halides is 3. The third-order valence-corrected chi connectivity index (χ3v) is 5.97. The van der Waals surface area contributed by atoms with E-state index in [1.807, 2.05) is 13.8 Å². The first-order chi connectivity index (χ1) is 17.1. The molecule has 4 aromatic rings. The number of aromatic nitrogens is 7. The zero-order valence-electron chi connectivity index (χ0n) is 19.7. The van der Waals surface area contributed by atoms with Crippen molar-refractivity contribution in [2.75, 3.05) is 5.32 Å². The number of hydrogen-bond donors (Lipinski definition) is 1. The molecule has 0 saturated heterocycles. The van der Waals surface area contributed by atoms with Gasteiger partial charge in [-0.2, -0.15) is 18.3 Å². The fourth-order valence-electron chi connectivity index (χ4n) is 4.07. The fraction of sp³-hybridized carbons (Fsp3) is 0.304. The van der Waals surface area contributed by atoms with Crippen LogP contribution in [0.4, 0.5) is 24.9 Å². The molecule has 0 unspecified atom stereocenters. The Balaban J connectivity index is 1.42. The molecular formula is C23H22F3N9O. The van der Waals surface area contributed by atoms with E-state index in [4.69, 9.17) is 0 Å². The molecule has 0 radical (unpaired) electrons. The Hall–Kier alpha value is -4.29. The number of halogens is 3. The van der Waals surface area contributed by atoms with Gasteiger partial charge in [-0.05, 0) is 31.5 Å². The highest BCUT2D eigenvalue weighted by atomic mass is 19.4. The lowest BCUT2D eigenvalue weighted by Crippen LogP contribution is -2.46. The zero-order chi connectivity index (χ0) is 25.6. The molecule has 5 rings (SSSR count). The number of pyridine rings is 1. The molecule has 5 heterocycles. The third kappa shape index (κ3) is 4.39. The second-order valence-corrected chi connectivity index (χ2v) is 8.61. The molecule has 0 fully saturated rings. The smallest absolute Gasteiger partial charge is 0.326 e. The normalized spacial score (nSPS) is 15.8. The summed E-state index contributed by atoms with van der Waals surface area (Å²) in [6.07, 6.45) is 1.68. The van der Waals surface area contributed by atoms with Gasteiger partial charge in [0, 0.05) is 44.3 Å². The van der Waals surface area contributed by atoms with Gasteiger partial charge in [0.15, 0.2) is 5.82 Å². The molecule has 36 heavy (non-hydrogen) atoms. The van der Waals surface area contributed by atoms with Crippen LogP contribution in [0.5, 0.6) is 0 Å². The van der Waals surface area contributed by atoms with E-state index in [2.05, 4.69) is 30.4 Å². The van der Waals surface area contributed by atoms with Gasteiger partial charge in [0.1, 0.15) is 11.5 Å². The molecule has 1 aliphatic rings.